The second kappa shape index (κ2) is 5.95. The molecule has 0 aliphatic heterocycles. The minimum absolute atomic E-state index is 0.0225. The van der Waals surface area contributed by atoms with Gasteiger partial charge in [0.05, 0.1) is 21.7 Å². The van der Waals surface area contributed by atoms with Gasteiger partial charge in [-0.25, -0.2) is 13.4 Å². The summed E-state index contributed by atoms with van der Waals surface area (Å²) in [5, 5.41) is 15.6. The van der Waals surface area contributed by atoms with Crippen LogP contribution in [0.5, 0.6) is 5.75 Å². The Morgan fingerprint density at radius 1 is 1.30 bits per heavy atom. The molecule has 120 valence electrons. The third kappa shape index (κ3) is 3.10. The fourth-order valence-electron chi connectivity index (χ4n) is 2.03. The number of phenolic OH excluding ortho intramolecular Hbond substituents is 1. The van der Waals surface area contributed by atoms with E-state index in [1.54, 1.807) is 6.92 Å². The molecule has 2 aromatic heterocycles. The number of thiophene rings is 1. The maximum Gasteiger partial charge on any atom is 0.225 e. The highest BCUT2D eigenvalue weighted by atomic mass is 35.5. The zero-order valence-corrected chi connectivity index (χ0v) is 14.3. The molecule has 9 heteroatoms. The number of hydrogen-bond acceptors (Lipinski definition) is 7. The fraction of sp³-hybridized carbons (Fsp3) is 0.143. The van der Waals surface area contributed by atoms with Crippen LogP contribution < -0.4 is 5.32 Å². The van der Waals surface area contributed by atoms with Crippen molar-refractivity contribution in [3.8, 4) is 5.75 Å². The van der Waals surface area contributed by atoms with Crippen LogP contribution >= 0.6 is 22.9 Å². The lowest BCUT2D eigenvalue weighted by atomic mass is 10.3. The summed E-state index contributed by atoms with van der Waals surface area (Å²) in [4.78, 5) is 9.04. The molecule has 0 bridgehead atoms. The van der Waals surface area contributed by atoms with Crippen molar-refractivity contribution in [1.82, 2.24) is 9.97 Å². The van der Waals surface area contributed by atoms with E-state index < -0.39 is 9.84 Å². The molecule has 0 saturated carbocycles. The van der Waals surface area contributed by atoms with Crippen LogP contribution in [0.15, 0.2) is 34.5 Å². The number of nitrogens with zero attached hydrogens (tertiary/aromatic N) is 2. The van der Waals surface area contributed by atoms with Gasteiger partial charge in [0.25, 0.3) is 0 Å². The molecular formula is C14H12ClN3O3S2. The van der Waals surface area contributed by atoms with Crippen LogP contribution in [-0.2, 0) is 9.84 Å². The molecule has 0 radical (unpaired) electrons. The summed E-state index contributed by atoms with van der Waals surface area (Å²) in [6.45, 7) is 1.56. The van der Waals surface area contributed by atoms with Crippen LogP contribution in [0, 0.1) is 0 Å². The minimum Gasteiger partial charge on any atom is -0.506 e. The average molecular weight is 370 g/mol. The number of anilines is 2. The van der Waals surface area contributed by atoms with Gasteiger partial charge in [-0.15, -0.1) is 11.3 Å². The van der Waals surface area contributed by atoms with E-state index in [-0.39, 0.29) is 27.4 Å². The van der Waals surface area contributed by atoms with Crippen molar-refractivity contribution >= 4 is 54.5 Å². The van der Waals surface area contributed by atoms with Gasteiger partial charge in [-0.05, 0) is 41.2 Å². The summed E-state index contributed by atoms with van der Waals surface area (Å²) in [5.41, 5.74) is 0.238. The molecule has 2 N–H and O–H groups in total. The average Bonchev–Trinajstić information content (AvgIpc) is 2.97. The molecule has 0 unspecified atom stereocenters. The van der Waals surface area contributed by atoms with Crippen molar-refractivity contribution in [3.63, 3.8) is 0 Å². The zero-order chi connectivity index (χ0) is 16.6. The third-order valence-electron chi connectivity index (χ3n) is 3.26. The van der Waals surface area contributed by atoms with E-state index in [1.807, 2.05) is 11.4 Å². The van der Waals surface area contributed by atoms with Gasteiger partial charge in [0, 0.05) is 0 Å². The van der Waals surface area contributed by atoms with Crippen LogP contribution in [0.25, 0.3) is 10.2 Å². The number of rotatable bonds is 4. The second-order valence-electron chi connectivity index (χ2n) is 4.69. The monoisotopic (exact) mass is 369 g/mol. The topological polar surface area (TPSA) is 92.2 Å². The quantitative estimate of drug-likeness (QED) is 0.539. The van der Waals surface area contributed by atoms with E-state index in [0.29, 0.717) is 10.6 Å². The maximum absolute atomic E-state index is 12.0. The van der Waals surface area contributed by atoms with Crippen LogP contribution in [0.1, 0.15) is 6.92 Å². The Hall–Kier alpha value is -1.90. The van der Waals surface area contributed by atoms with Crippen molar-refractivity contribution in [1.29, 1.82) is 0 Å². The Morgan fingerprint density at radius 2 is 2.09 bits per heavy atom. The third-order valence-corrected chi connectivity index (χ3v) is 5.97. The van der Waals surface area contributed by atoms with Gasteiger partial charge >= 0.3 is 0 Å². The molecule has 1 aromatic carbocycles. The van der Waals surface area contributed by atoms with E-state index in [0.717, 1.165) is 5.39 Å². The predicted molar refractivity (Wildman–Crippen MR) is 91.5 cm³/mol. The number of halogens is 1. The molecule has 3 aromatic rings. The van der Waals surface area contributed by atoms with E-state index in [4.69, 9.17) is 11.6 Å². The first-order valence-corrected chi connectivity index (χ1v) is 9.55. The fourth-order valence-corrected chi connectivity index (χ4v) is 3.92. The van der Waals surface area contributed by atoms with E-state index in [1.165, 1.54) is 29.5 Å². The summed E-state index contributed by atoms with van der Waals surface area (Å²) in [5.74, 6) is 0.298. The minimum atomic E-state index is -3.38. The van der Waals surface area contributed by atoms with Crippen molar-refractivity contribution in [2.45, 2.75) is 11.8 Å². The maximum atomic E-state index is 12.0. The van der Waals surface area contributed by atoms with Gasteiger partial charge in [0.15, 0.2) is 9.84 Å². The molecule has 23 heavy (non-hydrogen) atoms. The SMILES string of the molecule is CCS(=O)(=O)c1ccc(O)c(Nc2nc(Cl)nc3sccc23)c1. The Bertz CT molecular complexity index is 986. The summed E-state index contributed by atoms with van der Waals surface area (Å²) in [6, 6.07) is 5.90. The molecule has 3 rings (SSSR count). The van der Waals surface area contributed by atoms with E-state index in [9.17, 15) is 13.5 Å². The largest absolute Gasteiger partial charge is 0.506 e. The van der Waals surface area contributed by atoms with Crippen LogP contribution in [0.2, 0.25) is 5.28 Å². The summed E-state index contributed by atoms with van der Waals surface area (Å²) >= 11 is 7.31. The number of phenols is 1. The summed E-state index contributed by atoms with van der Waals surface area (Å²) < 4.78 is 24.0. The van der Waals surface area contributed by atoms with Crippen molar-refractivity contribution in [2.24, 2.45) is 0 Å². The molecule has 0 amide bonds. The lowest BCUT2D eigenvalue weighted by Gasteiger charge is -2.11. The molecule has 0 spiro atoms. The van der Waals surface area contributed by atoms with Gasteiger partial charge in [0.1, 0.15) is 16.4 Å². The van der Waals surface area contributed by atoms with Crippen molar-refractivity contribution in [3.05, 3.63) is 34.9 Å². The van der Waals surface area contributed by atoms with Crippen LogP contribution in [0.3, 0.4) is 0 Å². The molecule has 0 aliphatic rings. The van der Waals surface area contributed by atoms with Crippen molar-refractivity contribution < 1.29 is 13.5 Å². The molecule has 2 heterocycles. The lowest BCUT2D eigenvalue weighted by molar-refractivity contribution is 0.477. The second-order valence-corrected chi connectivity index (χ2v) is 8.20. The smallest absolute Gasteiger partial charge is 0.225 e. The Balaban J connectivity index is 2.08. The number of hydrogen-bond donors (Lipinski definition) is 2. The molecular weight excluding hydrogens is 358 g/mol. The highest BCUT2D eigenvalue weighted by Gasteiger charge is 2.15. The van der Waals surface area contributed by atoms with Gasteiger partial charge in [-0.2, -0.15) is 4.98 Å². The predicted octanol–water partition coefficient (Wildman–Crippen LogP) is 3.59. The Kier molecular flexibility index (Phi) is 4.13. The first-order valence-electron chi connectivity index (χ1n) is 6.64. The number of fused-ring (bicyclic) bond motifs is 1. The highest BCUT2D eigenvalue weighted by molar-refractivity contribution is 7.91. The number of sulfone groups is 1. The van der Waals surface area contributed by atoms with E-state index in [2.05, 4.69) is 15.3 Å². The van der Waals surface area contributed by atoms with Gasteiger partial charge in [0.2, 0.25) is 5.28 Å². The molecule has 0 atom stereocenters. The normalized spacial score (nSPS) is 11.7. The molecule has 6 nitrogen and oxygen atoms in total. The molecule has 0 fully saturated rings. The van der Waals surface area contributed by atoms with Crippen LogP contribution in [-0.4, -0.2) is 29.2 Å². The van der Waals surface area contributed by atoms with E-state index >= 15 is 0 Å². The van der Waals surface area contributed by atoms with Gasteiger partial charge in [-0.3, -0.25) is 0 Å². The Morgan fingerprint density at radius 3 is 2.83 bits per heavy atom. The van der Waals surface area contributed by atoms with Crippen molar-refractivity contribution in [2.75, 3.05) is 11.1 Å². The number of benzene rings is 1. The Labute approximate surface area is 141 Å². The first kappa shape index (κ1) is 16.0. The highest BCUT2D eigenvalue weighted by Crippen LogP contribution is 2.33. The van der Waals surface area contributed by atoms with Gasteiger partial charge in [-0.1, -0.05) is 6.92 Å². The zero-order valence-electron chi connectivity index (χ0n) is 11.9. The van der Waals surface area contributed by atoms with Gasteiger partial charge < -0.3 is 10.4 Å². The summed E-state index contributed by atoms with van der Waals surface area (Å²) in [6.07, 6.45) is 0. The lowest BCUT2D eigenvalue weighted by Crippen LogP contribution is -2.04. The first-order chi connectivity index (χ1) is 10.9. The molecule has 0 saturated heterocycles. The number of nitrogens with one attached hydrogen (secondary N) is 1. The standard InChI is InChI=1S/C14H12ClN3O3S2/c1-2-23(20,21)8-3-4-11(19)10(7-8)16-12-9-5-6-22-13(9)18-14(15)17-12/h3-7,19H,2H2,1H3,(H,16,17,18). The number of aromatic hydroxyl groups is 1. The summed E-state index contributed by atoms with van der Waals surface area (Å²) in [7, 11) is -3.38. The van der Waals surface area contributed by atoms with Crippen LogP contribution in [0.4, 0.5) is 11.5 Å². The number of aromatic nitrogens is 2. The molecule has 0 aliphatic carbocycles.